The van der Waals surface area contributed by atoms with Gasteiger partial charge in [-0.25, -0.2) is 14.3 Å². The Morgan fingerprint density at radius 3 is 2.37 bits per heavy atom. The maximum Gasteiger partial charge on any atom is 0.410 e. The van der Waals surface area contributed by atoms with Crippen molar-refractivity contribution < 1.29 is 9.53 Å². The highest BCUT2D eigenvalue weighted by atomic mass is 79.9. The fourth-order valence-electron chi connectivity index (χ4n) is 4.21. The maximum atomic E-state index is 12.4. The zero-order chi connectivity index (χ0) is 24.7. The molecule has 1 aliphatic heterocycles. The molecule has 9 nitrogen and oxygen atoms in total. The number of fused-ring (bicyclic) bond motifs is 1. The number of pyridine rings is 2. The minimum atomic E-state index is -0.490. The molecule has 4 aromatic heterocycles. The van der Waals surface area contributed by atoms with Crippen LogP contribution in [0.15, 0.2) is 53.7 Å². The van der Waals surface area contributed by atoms with Crippen LogP contribution in [0.1, 0.15) is 20.8 Å². The lowest BCUT2D eigenvalue weighted by Crippen LogP contribution is -2.50. The number of rotatable bonds is 3. The van der Waals surface area contributed by atoms with E-state index in [0.29, 0.717) is 26.2 Å². The second-order valence-corrected chi connectivity index (χ2v) is 10.5. The van der Waals surface area contributed by atoms with Crippen molar-refractivity contribution in [2.75, 3.05) is 31.1 Å². The summed E-state index contributed by atoms with van der Waals surface area (Å²) in [7, 11) is 1.91. The van der Waals surface area contributed by atoms with Gasteiger partial charge in [0.15, 0.2) is 0 Å². The number of carbonyl (C=O) groups excluding carboxylic acids is 1. The molecular formula is C25H28BrN7O2. The van der Waals surface area contributed by atoms with Crippen LogP contribution in [0.4, 0.5) is 10.6 Å². The summed E-state index contributed by atoms with van der Waals surface area (Å²) in [6.45, 7) is 8.28. The summed E-state index contributed by atoms with van der Waals surface area (Å²) in [6, 6.07) is 6.27. The molecule has 0 bridgehead atoms. The Bertz CT molecular complexity index is 1360. The van der Waals surface area contributed by atoms with Gasteiger partial charge in [0.2, 0.25) is 0 Å². The molecule has 1 fully saturated rings. The van der Waals surface area contributed by atoms with E-state index in [1.165, 1.54) is 0 Å². The van der Waals surface area contributed by atoms with Gasteiger partial charge in [-0.3, -0.25) is 4.68 Å². The van der Waals surface area contributed by atoms with Gasteiger partial charge >= 0.3 is 6.09 Å². The van der Waals surface area contributed by atoms with E-state index in [1.54, 1.807) is 15.8 Å². The first-order valence-electron chi connectivity index (χ1n) is 11.5. The van der Waals surface area contributed by atoms with E-state index in [1.807, 2.05) is 63.2 Å². The van der Waals surface area contributed by atoms with E-state index >= 15 is 0 Å². The predicted molar refractivity (Wildman–Crippen MR) is 138 cm³/mol. The quantitative estimate of drug-likeness (QED) is 0.379. The number of piperazine rings is 1. The van der Waals surface area contributed by atoms with Crippen molar-refractivity contribution >= 4 is 33.4 Å². The number of halogens is 1. The molecule has 182 valence electrons. The summed E-state index contributed by atoms with van der Waals surface area (Å²) in [5, 5.41) is 8.81. The van der Waals surface area contributed by atoms with Crippen molar-refractivity contribution in [3.63, 3.8) is 0 Å². The van der Waals surface area contributed by atoms with Gasteiger partial charge in [-0.1, -0.05) is 0 Å². The highest BCUT2D eigenvalue weighted by Crippen LogP contribution is 2.34. The van der Waals surface area contributed by atoms with Crippen LogP contribution in [0.2, 0.25) is 0 Å². The fourth-order valence-corrected chi connectivity index (χ4v) is 4.70. The molecule has 0 unspecified atom stereocenters. The molecule has 0 aliphatic carbocycles. The summed E-state index contributed by atoms with van der Waals surface area (Å²) >= 11 is 3.64. The Morgan fingerprint density at radius 1 is 0.971 bits per heavy atom. The van der Waals surface area contributed by atoms with Gasteiger partial charge in [0.25, 0.3) is 0 Å². The van der Waals surface area contributed by atoms with E-state index in [-0.39, 0.29) is 6.09 Å². The van der Waals surface area contributed by atoms with Gasteiger partial charge in [0.1, 0.15) is 11.4 Å². The zero-order valence-corrected chi connectivity index (χ0v) is 21.9. The molecule has 1 saturated heterocycles. The first kappa shape index (κ1) is 23.3. The molecule has 0 N–H and O–H groups in total. The van der Waals surface area contributed by atoms with Crippen LogP contribution in [0, 0.1) is 0 Å². The summed E-state index contributed by atoms with van der Waals surface area (Å²) in [5.74, 6) is 0.893. The number of aromatic nitrogens is 5. The number of anilines is 1. The van der Waals surface area contributed by atoms with Crippen molar-refractivity contribution in [3.8, 4) is 22.3 Å². The molecule has 0 radical (unpaired) electrons. The zero-order valence-electron chi connectivity index (χ0n) is 20.3. The number of amides is 1. The average Bonchev–Trinajstić information content (AvgIpc) is 3.43. The van der Waals surface area contributed by atoms with Gasteiger partial charge in [0.05, 0.1) is 22.4 Å². The Balaban J connectivity index is 1.37. The van der Waals surface area contributed by atoms with Crippen molar-refractivity contribution in [1.29, 1.82) is 0 Å². The normalized spacial score (nSPS) is 14.5. The van der Waals surface area contributed by atoms with Crippen LogP contribution in [0.3, 0.4) is 0 Å². The minimum Gasteiger partial charge on any atom is -0.444 e. The molecule has 10 heteroatoms. The first-order valence-corrected chi connectivity index (χ1v) is 12.3. The van der Waals surface area contributed by atoms with Crippen molar-refractivity contribution in [1.82, 2.24) is 29.3 Å². The topological polar surface area (TPSA) is 80.8 Å². The second kappa shape index (κ2) is 8.99. The predicted octanol–water partition coefficient (Wildman–Crippen LogP) is 4.62. The van der Waals surface area contributed by atoms with Crippen molar-refractivity contribution in [2.45, 2.75) is 26.4 Å². The van der Waals surface area contributed by atoms with Crippen molar-refractivity contribution in [3.05, 3.63) is 53.7 Å². The third-order valence-electron chi connectivity index (χ3n) is 5.92. The largest absolute Gasteiger partial charge is 0.444 e. The summed E-state index contributed by atoms with van der Waals surface area (Å²) in [6.07, 6.45) is 9.29. The Morgan fingerprint density at radius 2 is 1.74 bits per heavy atom. The highest BCUT2D eigenvalue weighted by Gasteiger charge is 2.26. The second-order valence-electron chi connectivity index (χ2n) is 9.69. The van der Waals surface area contributed by atoms with E-state index < -0.39 is 5.60 Å². The lowest BCUT2D eigenvalue weighted by molar-refractivity contribution is 0.0240. The van der Waals surface area contributed by atoms with E-state index in [4.69, 9.17) is 9.72 Å². The number of ether oxygens (including phenoxy) is 1. The first-order chi connectivity index (χ1) is 16.7. The van der Waals surface area contributed by atoms with E-state index in [2.05, 4.69) is 43.2 Å². The van der Waals surface area contributed by atoms with E-state index in [0.717, 1.165) is 38.1 Å². The third kappa shape index (κ3) is 4.88. The number of carbonyl (C=O) groups is 1. The smallest absolute Gasteiger partial charge is 0.410 e. The van der Waals surface area contributed by atoms with E-state index in [9.17, 15) is 4.79 Å². The molecule has 0 saturated carbocycles. The average molecular weight is 538 g/mol. The number of aryl methyl sites for hydroxylation is 1. The molecule has 1 amide bonds. The van der Waals surface area contributed by atoms with Crippen LogP contribution in [0.5, 0.6) is 0 Å². The third-order valence-corrected chi connectivity index (χ3v) is 6.50. The Kier molecular flexibility index (Phi) is 6.00. The molecule has 0 spiro atoms. The summed E-state index contributed by atoms with van der Waals surface area (Å²) in [4.78, 5) is 21.1. The molecule has 35 heavy (non-hydrogen) atoms. The molecule has 1 aliphatic rings. The van der Waals surface area contributed by atoms with Crippen LogP contribution in [0.25, 0.3) is 27.8 Å². The van der Waals surface area contributed by atoms with Crippen LogP contribution in [-0.2, 0) is 11.8 Å². The Hall–Kier alpha value is -3.40. The number of hydrogen-bond donors (Lipinski definition) is 0. The SMILES string of the molecule is Cn1cc(-c2cc(-c3ccc(N4CCN(C(=O)OC(C)(C)C)CC4)nc3)c3c(Br)cnn3c2)cn1. The van der Waals surface area contributed by atoms with Gasteiger partial charge in [-0.2, -0.15) is 10.2 Å². The standard InChI is InChI=1S/C25H28BrN7O2/c1-25(2,3)35-24(34)32-9-7-31(8-10-32)22-6-5-17(12-27-22)20-11-18(19-13-28-30(4)15-19)16-33-23(20)21(26)14-29-33/h5-6,11-16H,7-10H2,1-4H3. The molecule has 0 aromatic carbocycles. The van der Waals surface area contributed by atoms with Crippen LogP contribution >= 0.6 is 15.9 Å². The minimum absolute atomic E-state index is 0.260. The van der Waals surface area contributed by atoms with Crippen LogP contribution in [-0.4, -0.2) is 67.2 Å². The van der Waals surface area contributed by atoms with Crippen LogP contribution < -0.4 is 4.90 Å². The number of hydrogen-bond acceptors (Lipinski definition) is 6. The Labute approximate surface area is 212 Å². The van der Waals surface area contributed by atoms with Crippen molar-refractivity contribution in [2.24, 2.45) is 7.05 Å². The maximum absolute atomic E-state index is 12.4. The fraction of sp³-hybridized carbons (Fsp3) is 0.360. The monoisotopic (exact) mass is 537 g/mol. The summed E-state index contributed by atoms with van der Waals surface area (Å²) < 4.78 is 10.1. The van der Waals surface area contributed by atoms with Gasteiger partial charge < -0.3 is 14.5 Å². The van der Waals surface area contributed by atoms with Gasteiger partial charge in [0, 0.05) is 74.1 Å². The summed E-state index contributed by atoms with van der Waals surface area (Å²) in [5.41, 5.74) is 4.57. The lowest BCUT2D eigenvalue weighted by Gasteiger charge is -2.36. The van der Waals surface area contributed by atoms with Gasteiger partial charge in [-0.05, 0) is 54.9 Å². The highest BCUT2D eigenvalue weighted by molar-refractivity contribution is 9.10. The molecule has 4 aromatic rings. The molecular weight excluding hydrogens is 510 g/mol. The molecule has 5 heterocycles. The van der Waals surface area contributed by atoms with Gasteiger partial charge in [-0.15, -0.1) is 0 Å². The molecule has 5 rings (SSSR count). The molecule has 0 atom stereocenters. The number of nitrogens with zero attached hydrogens (tertiary/aromatic N) is 7. The lowest BCUT2D eigenvalue weighted by atomic mass is 10.0.